The lowest BCUT2D eigenvalue weighted by Gasteiger charge is -2.19. The molecule has 0 bridgehead atoms. The van der Waals surface area contributed by atoms with Crippen molar-refractivity contribution >= 4 is 5.91 Å². The van der Waals surface area contributed by atoms with E-state index in [1.165, 1.54) is 96.3 Å². The van der Waals surface area contributed by atoms with Crippen molar-refractivity contribution in [2.24, 2.45) is 5.92 Å². The number of hydrogen-bond donors (Lipinski definition) is 3. The van der Waals surface area contributed by atoms with E-state index in [2.05, 4.69) is 26.1 Å². The average molecular weight is 636 g/mol. The summed E-state index contributed by atoms with van der Waals surface area (Å²) in [5.74, 6) is 0.993. The SMILES string of the molecule is CCCCCCCCCOc1cc(C(=O)NCC(CO)CO)cc(OCCCCCCCCC)c1OCCCCCCCCC. The summed E-state index contributed by atoms with van der Waals surface area (Å²) in [7, 11) is 0. The van der Waals surface area contributed by atoms with Gasteiger partial charge >= 0.3 is 0 Å². The van der Waals surface area contributed by atoms with Gasteiger partial charge in [0.05, 0.1) is 19.8 Å². The molecule has 0 aliphatic carbocycles. The van der Waals surface area contributed by atoms with Gasteiger partial charge in [-0.1, -0.05) is 136 Å². The summed E-state index contributed by atoms with van der Waals surface area (Å²) < 4.78 is 19.0. The van der Waals surface area contributed by atoms with E-state index >= 15 is 0 Å². The summed E-state index contributed by atoms with van der Waals surface area (Å²) in [6.45, 7) is 8.20. The van der Waals surface area contributed by atoms with Gasteiger partial charge in [0.25, 0.3) is 5.91 Å². The maximum absolute atomic E-state index is 13.2. The van der Waals surface area contributed by atoms with E-state index in [4.69, 9.17) is 14.2 Å². The molecular weight excluding hydrogens is 566 g/mol. The highest BCUT2D eigenvalue weighted by molar-refractivity contribution is 5.95. The molecule has 1 amide bonds. The number of nitrogens with one attached hydrogen (secondary N) is 1. The second kappa shape index (κ2) is 29.4. The van der Waals surface area contributed by atoms with Gasteiger partial charge in [-0.15, -0.1) is 0 Å². The third-order valence-electron chi connectivity index (χ3n) is 8.36. The Morgan fingerprint density at radius 3 is 1.31 bits per heavy atom. The molecule has 7 heteroatoms. The number of rotatable bonds is 32. The van der Waals surface area contributed by atoms with Crippen molar-refractivity contribution in [2.75, 3.05) is 39.6 Å². The first kappa shape index (κ1) is 41.0. The van der Waals surface area contributed by atoms with E-state index in [-0.39, 0.29) is 25.7 Å². The van der Waals surface area contributed by atoms with Crippen molar-refractivity contribution in [3.63, 3.8) is 0 Å². The highest BCUT2D eigenvalue weighted by atomic mass is 16.5. The number of carbonyl (C=O) groups excluding carboxylic acids is 1. The highest BCUT2D eigenvalue weighted by Gasteiger charge is 2.20. The summed E-state index contributed by atoms with van der Waals surface area (Å²) in [6.07, 6.45) is 25.2. The van der Waals surface area contributed by atoms with E-state index in [1.54, 1.807) is 12.1 Å². The van der Waals surface area contributed by atoms with E-state index in [0.717, 1.165) is 38.5 Å². The van der Waals surface area contributed by atoms with Crippen LogP contribution in [0.15, 0.2) is 12.1 Å². The van der Waals surface area contributed by atoms with Crippen LogP contribution in [0.3, 0.4) is 0 Å². The Balaban J connectivity index is 2.99. The fraction of sp³-hybridized carbons (Fsp3) is 0.816. The fourth-order valence-corrected chi connectivity index (χ4v) is 5.31. The molecule has 0 atom stereocenters. The number of amides is 1. The number of carbonyl (C=O) groups is 1. The van der Waals surface area contributed by atoms with Crippen LogP contribution in [-0.4, -0.2) is 55.7 Å². The Bertz CT molecular complexity index is 787. The molecular formula is C38H69NO6. The molecule has 0 unspecified atom stereocenters. The van der Waals surface area contributed by atoms with Gasteiger partial charge in [-0.2, -0.15) is 0 Å². The Morgan fingerprint density at radius 1 is 0.578 bits per heavy atom. The number of aliphatic hydroxyl groups excluding tert-OH is 2. The monoisotopic (exact) mass is 636 g/mol. The molecule has 0 aromatic heterocycles. The average Bonchev–Trinajstić information content (AvgIpc) is 3.05. The lowest BCUT2D eigenvalue weighted by molar-refractivity contribution is 0.0920. The molecule has 1 aromatic rings. The van der Waals surface area contributed by atoms with Gasteiger partial charge in [-0.05, 0) is 31.4 Å². The van der Waals surface area contributed by atoms with E-state index in [9.17, 15) is 15.0 Å². The van der Waals surface area contributed by atoms with Gasteiger partial charge in [0.2, 0.25) is 5.75 Å². The molecule has 0 heterocycles. The van der Waals surface area contributed by atoms with Crippen LogP contribution in [-0.2, 0) is 0 Å². The summed E-state index contributed by atoms with van der Waals surface area (Å²) >= 11 is 0. The van der Waals surface area contributed by atoms with Crippen LogP contribution in [0, 0.1) is 5.92 Å². The predicted octanol–water partition coefficient (Wildman–Crippen LogP) is 9.41. The zero-order valence-corrected chi connectivity index (χ0v) is 29.4. The molecule has 1 rings (SSSR count). The molecule has 0 saturated carbocycles. The first-order valence-electron chi connectivity index (χ1n) is 18.7. The Kier molecular flexibility index (Phi) is 26.8. The summed E-state index contributed by atoms with van der Waals surface area (Å²) in [4.78, 5) is 13.2. The molecule has 0 saturated heterocycles. The van der Waals surface area contributed by atoms with E-state index in [1.807, 2.05) is 0 Å². The van der Waals surface area contributed by atoms with Crippen molar-refractivity contribution in [3.05, 3.63) is 17.7 Å². The van der Waals surface area contributed by atoms with Gasteiger partial charge in [0.1, 0.15) is 0 Å². The third-order valence-corrected chi connectivity index (χ3v) is 8.36. The molecule has 45 heavy (non-hydrogen) atoms. The molecule has 1 aromatic carbocycles. The maximum Gasteiger partial charge on any atom is 0.251 e. The van der Waals surface area contributed by atoms with Gasteiger partial charge in [0, 0.05) is 31.2 Å². The molecule has 0 spiro atoms. The standard InChI is InChI=1S/C38H69NO6/c1-4-7-10-13-16-19-22-25-43-35-28-34(38(42)39-30-33(31-40)32-41)29-36(44-26-23-20-17-14-11-8-5-2)37(35)45-27-24-21-18-15-12-9-6-3/h28-29,33,40-41H,4-27,30-32H2,1-3H3,(H,39,42). The quantitative estimate of drug-likeness (QED) is 0.0683. The number of unbranched alkanes of at least 4 members (excludes halogenated alkanes) is 18. The molecule has 7 nitrogen and oxygen atoms in total. The predicted molar refractivity (Wildman–Crippen MR) is 187 cm³/mol. The molecule has 0 fully saturated rings. The zero-order valence-electron chi connectivity index (χ0n) is 29.4. The van der Waals surface area contributed by atoms with Crippen LogP contribution >= 0.6 is 0 Å². The Morgan fingerprint density at radius 2 is 0.933 bits per heavy atom. The van der Waals surface area contributed by atoms with Crippen molar-refractivity contribution in [3.8, 4) is 17.2 Å². The third kappa shape index (κ3) is 20.7. The molecule has 262 valence electrons. The first-order chi connectivity index (χ1) is 22.1. The summed E-state index contributed by atoms with van der Waals surface area (Å²) in [5.41, 5.74) is 0.428. The lowest BCUT2D eigenvalue weighted by atomic mass is 10.1. The van der Waals surface area contributed by atoms with Gasteiger partial charge in [0.15, 0.2) is 11.5 Å². The maximum atomic E-state index is 13.2. The Labute approximate surface area is 276 Å². The van der Waals surface area contributed by atoms with Crippen molar-refractivity contribution < 1.29 is 29.2 Å². The molecule has 0 aliphatic heterocycles. The van der Waals surface area contributed by atoms with Crippen LogP contribution in [0.4, 0.5) is 0 Å². The minimum atomic E-state index is -0.403. The topological polar surface area (TPSA) is 97.3 Å². The minimum Gasteiger partial charge on any atom is -0.490 e. The fourth-order valence-electron chi connectivity index (χ4n) is 5.31. The number of hydrogen-bond acceptors (Lipinski definition) is 6. The van der Waals surface area contributed by atoms with Crippen molar-refractivity contribution in [1.29, 1.82) is 0 Å². The van der Waals surface area contributed by atoms with E-state index in [0.29, 0.717) is 42.6 Å². The van der Waals surface area contributed by atoms with Gasteiger partial charge in [-0.25, -0.2) is 0 Å². The van der Waals surface area contributed by atoms with Crippen LogP contribution in [0.1, 0.15) is 166 Å². The normalized spacial score (nSPS) is 11.2. The number of aliphatic hydroxyl groups is 2. The highest BCUT2D eigenvalue weighted by Crippen LogP contribution is 2.39. The summed E-state index contributed by atoms with van der Waals surface area (Å²) in [6, 6.07) is 3.51. The second-order valence-electron chi connectivity index (χ2n) is 12.7. The minimum absolute atomic E-state index is 0.185. The van der Waals surface area contributed by atoms with Gasteiger partial charge < -0.3 is 29.7 Å². The van der Waals surface area contributed by atoms with Crippen LogP contribution < -0.4 is 19.5 Å². The van der Waals surface area contributed by atoms with Gasteiger partial charge in [-0.3, -0.25) is 4.79 Å². The van der Waals surface area contributed by atoms with Crippen LogP contribution in [0.5, 0.6) is 17.2 Å². The summed E-state index contributed by atoms with van der Waals surface area (Å²) in [5, 5.41) is 21.7. The molecule has 0 radical (unpaired) electrons. The molecule has 3 N–H and O–H groups in total. The largest absolute Gasteiger partial charge is 0.490 e. The molecule has 0 aliphatic rings. The lowest BCUT2D eigenvalue weighted by Crippen LogP contribution is -2.32. The second-order valence-corrected chi connectivity index (χ2v) is 12.7. The number of benzene rings is 1. The zero-order chi connectivity index (χ0) is 32.8. The Hall–Kier alpha value is -1.99. The van der Waals surface area contributed by atoms with Crippen molar-refractivity contribution in [2.45, 2.75) is 156 Å². The number of ether oxygens (including phenoxy) is 3. The van der Waals surface area contributed by atoms with Crippen LogP contribution in [0.25, 0.3) is 0 Å². The van der Waals surface area contributed by atoms with Crippen LogP contribution in [0.2, 0.25) is 0 Å². The van der Waals surface area contributed by atoms with E-state index < -0.39 is 5.92 Å². The smallest absolute Gasteiger partial charge is 0.251 e. The van der Waals surface area contributed by atoms with Crippen molar-refractivity contribution in [1.82, 2.24) is 5.32 Å². The first-order valence-corrected chi connectivity index (χ1v) is 18.7.